The molecular formula is C14H16F3N3O2. The number of nitriles is 1. The van der Waals surface area contributed by atoms with Crippen molar-refractivity contribution >= 4 is 11.6 Å². The third-order valence-electron chi connectivity index (χ3n) is 2.82. The van der Waals surface area contributed by atoms with E-state index in [4.69, 9.17) is 5.26 Å². The van der Waals surface area contributed by atoms with Crippen LogP contribution in [0.2, 0.25) is 0 Å². The van der Waals surface area contributed by atoms with Gasteiger partial charge in [0.25, 0.3) is 5.91 Å². The van der Waals surface area contributed by atoms with Crippen molar-refractivity contribution in [1.82, 2.24) is 4.90 Å². The number of rotatable bonds is 4. The van der Waals surface area contributed by atoms with Gasteiger partial charge >= 0.3 is 6.18 Å². The van der Waals surface area contributed by atoms with Crippen LogP contribution >= 0.6 is 0 Å². The number of alkyl halides is 3. The minimum absolute atomic E-state index is 0.00123. The Morgan fingerprint density at radius 1 is 1.41 bits per heavy atom. The third-order valence-corrected chi connectivity index (χ3v) is 2.82. The standard InChI is InChI=1S/C14H16F3N3O2/c1-13(22,8-20(2)3)12(21)19-10-5-4-9(7-18)11(6-10)14(15,16)17/h4-6,22H,8H2,1-3H3,(H,19,21)/t13-/m0/s1. The molecule has 8 heteroatoms. The molecule has 0 bridgehead atoms. The van der Waals surface area contributed by atoms with Crippen LogP contribution in [0.4, 0.5) is 18.9 Å². The fourth-order valence-electron chi connectivity index (χ4n) is 1.91. The first-order chi connectivity index (χ1) is 9.97. The van der Waals surface area contributed by atoms with E-state index in [1.807, 2.05) is 0 Å². The van der Waals surface area contributed by atoms with Crippen molar-refractivity contribution in [3.63, 3.8) is 0 Å². The molecule has 0 radical (unpaired) electrons. The summed E-state index contributed by atoms with van der Waals surface area (Å²) in [5.74, 6) is -0.834. The van der Waals surface area contributed by atoms with E-state index in [9.17, 15) is 23.1 Å². The molecule has 5 nitrogen and oxygen atoms in total. The van der Waals surface area contributed by atoms with Crippen molar-refractivity contribution in [2.75, 3.05) is 26.0 Å². The number of amides is 1. The molecular weight excluding hydrogens is 299 g/mol. The molecule has 1 aromatic rings. The molecule has 22 heavy (non-hydrogen) atoms. The summed E-state index contributed by atoms with van der Waals surface area (Å²) in [7, 11) is 3.29. The molecule has 1 aromatic carbocycles. The van der Waals surface area contributed by atoms with Crippen LogP contribution in [0.3, 0.4) is 0 Å². The molecule has 0 aliphatic heterocycles. The van der Waals surface area contributed by atoms with Crippen LogP contribution in [-0.2, 0) is 11.0 Å². The molecule has 2 N–H and O–H groups in total. The summed E-state index contributed by atoms with van der Waals surface area (Å²) in [4.78, 5) is 13.5. The molecule has 0 unspecified atom stereocenters. The molecule has 1 rings (SSSR count). The molecule has 1 amide bonds. The second-order valence-corrected chi connectivity index (χ2v) is 5.34. The van der Waals surface area contributed by atoms with Gasteiger partial charge in [-0.05, 0) is 39.2 Å². The molecule has 0 saturated carbocycles. The first kappa shape index (κ1) is 17.9. The van der Waals surface area contributed by atoms with Gasteiger partial charge in [-0.1, -0.05) is 0 Å². The maximum Gasteiger partial charge on any atom is 0.417 e. The summed E-state index contributed by atoms with van der Waals surface area (Å²) >= 11 is 0. The fourth-order valence-corrected chi connectivity index (χ4v) is 1.91. The van der Waals surface area contributed by atoms with Crippen molar-refractivity contribution in [3.05, 3.63) is 29.3 Å². The highest BCUT2D eigenvalue weighted by atomic mass is 19.4. The molecule has 0 saturated heterocycles. The minimum atomic E-state index is -4.71. The third kappa shape index (κ3) is 4.44. The average Bonchev–Trinajstić information content (AvgIpc) is 2.36. The van der Waals surface area contributed by atoms with E-state index in [1.54, 1.807) is 19.0 Å². The number of carbonyl (C=O) groups excluding carboxylic acids is 1. The van der Waals surface area contributed by atoms with Crippen LogP contribution in [0.1, 0.15) is 18.1 Å². The van der Waals surface area contributed by atoms with Gasteiger partial charge in [0.2, 0.25) is 0 Å². The van der Waals surface area contributed by atoms with Crippen LogP contribution < -0.4 is 5.32 Å². The van der Waals surface area contributed by atoms with Gasteiger partial charge in [0.05, 0.1) is 17.2 Å². The number of carbonyl (C=O) groups is 1. The lowest BCUT2D eigenvalue weighted by Gasteiger charge is -2.25. The van der Waals surface area contributed by atoms with E-state index in [-0.39, 0.29) is 12.2 Å². The Kier molecular flexibility index (Phi) is 5.17. The first-order valence-corrected chi connectivity index (χ1v) is 6.27. The Bertz CT molecular complexity index is 604. The number of anilines is 1. The number of likely N-dealkylation sites (N-methyl/N-ethyl adjacent to an activating group) is 1. The topological polar surface area (TPSA) is 76.4 Å². The zero-order valence-corrected chi connectivity index (χ0v) is 12.3. The smallest absolute Gasteiger partial charge is 0.379 e. The number of benzene rings is 1. The lowest BCUT2D eigenvalue weighted by Crippen LogP contribution is -2.47. The zero-order chi connectivity index (χ0) is 17.1. The molecule has 0 aliphatic rings. The fraction of sp³-hybridized carbons (Fsp3) is 0.429. The van der Waals surface area contributed by atoms with Gasteiger partial charge in [0.1, 0.15) is 0 Å². The quantitative estimate of drug-likeness (QED) is 0.889. The summed E-state index contributed by atoms with van der Waals surface area (Å²) < 4.78 is 38.5. The number of halogens is 3. The van der Waals surface area contributed by atoms with E-state index in [1.165, 1.54) is 19.1 Å². The van der Waals surface area contributed by atoms with Gasteiger partial charge in [0, 0.05) is 12.2 Å². The minimum Gasteiger partial charge on any atom is -0.379 e. The van der Waals surface area contributed by atoms with Gasteiger partial charge in [-0.25, -0.2) is 0 Å². The van der Waals surface area contributed by atoms with E-state index < -0.39 is 28.8 Å². The monoisotopic (exact) mass is 315 g/mol. The Morgan fingerprint density at radius 2 is 2.00 bits per heavy atom. The summed E-state index contributed by atoms with van der Waals surface area (Å²) in [6.45, 7) is 1.26. The van der Waals surface area contributed by atoms with Crippen molar-refractivity contribution in [2.24, 2.45) is 0 Å². The number of hydrogen-bond acceptors (Lipinski definition) is 4. The lowest BCUT2D eigenvalue weighted by molar-refractivity contribution is -0.138. The van der Waals surface area contributed by atoms with Crippen LogP contribution in [-0.4, -0.2) is 42.2 Å². The number of nitrogens with one attached hydrogen (secondary N) is 1. The predicted octanol–water partition coefficient (Wildman–Crippen LogP) is 1.83. The first-order valence-electron chi connectivity index (χ1n) is 6.27. The van der Waals surface area contributed by atoms with Crippen LogP contribution in [0.25, 0.3) is 0 Å². The van der Waals surface area contributed by atoms with Crippen molar-refractivity contribution in [2.45, 2.75) is 18.7 Å². The second-order valence-electron chi connectivity index (χ2n) is 5.34. The average molecular weight is 315 g/mol. The SMILES string of the molecule is CN(C)C[C@](C)(O)C(=O)Nc1ccc(C#N)c(C(F)(F)F)c1. The van der Waals surface area contributed by atoms with Crippen molar-refractivity contribution in [1.29, 1.82) is 5.26 Å². The van der Waals surface area contributed by atoms with E-state index in [0.717, 1.165) is 6.07 Å². The van der Waals surface area contributed by atoms with Gasteiger partial charge < -0.3 is 15.3 Å². The predicted molar refractivity (Wildman–Crippen MR) is 74.0 cm³/mol. The number of nitrogens with zero attached hydrogens (tertiary/aromatic N) is 2. The normalized spacial score (nSPS) is 14.3. The Labute approximate surface area is 126 Å². The van der Waals surface area contributed by atoms with Crippen molar-refractivity contribution in [3.8, 4) is 6.07 Å². The Balaban J connectivity index is 3.05. The summed E-state index contributed by atoms with van der Waals surface area (Å²) in [6, 6.07) is 4.27. The zero-order valence-electron chi connectivity index (χ0n) is 12.3. The van der Waals surface area contributed by atoms with Gasteiger partial charge in [0.15, 0.2) is 5.60 Å². The molecule has 0 aliphatic carbocycles. The molecule has 1 atom stereocenters. The number of aliphatic hydroxyl groups is 1. The second kappa shape index (κ2) is 6.34. The molecule has 0 fully saturated rings. The van der Waals surface area contributed by atoms with E-state index in [0.29, 0.717) is 6.07 Å². The van der Waals surface area contributed by atoms with Crippen LogP contribution in [0.15, 0.2) is 18.2 Å². The molecule has 0 heterocycles. The summed E-state index contributed by atoms with van der Waals surface area (Å²) in [6.07, 6.45) is -4.71. The Morgan fingerprint density at radius 3 is 2.45 bits per heavy atom. The summed E-state index contributed by atoms with van der Waals surface area (Å²) in [5, 5.41) is 20.9. The largest absolute Gasteiger partial charge is 0.417 e. The van der Waals surface area contributed by atoms with Gasteiger partial charge in [-0.15, -0.1) is 0 Å². The molecule has 0 spiro atoms. The lowest BCUT2D eigenvalue weighted by atomic mass is 10.0. The molecule has 0 aromatic heterocycles. The molecule has 120 valence electrons. The van der Waals surface area contributed by atoms with Crippen LogP contribution in [0.5, 0.6) is 0 Å². The van der Waals surface area contributed by atoms with E-state index in [2.05, 4.69) is 5.32 Å². The maximum atomic E-state index is 12.8. The maximum absolute atomic E-state index is 12.8. The number of hydrogen-bond donors (Lipinski definition) is 2. The van der Waals surface area contributed by atoms with E-state index >= 15 is 0 Å². The van der Waals surface area contributed by atoms with Crippen molar-refractivity contribution < 1.29 is 23.1 Å². The van der Waals surface area contributed by atoms with Gasteiger partial charge in [-0.3, -0.25) is 4.79 Å². The highest BCUT2D eigenvalue weighted by molar-refractivity contribution is 5.97. The van der Waals surface area contributed by atoms with Crippen LogP contribution in [0, 0.1) is 11.3 Å². The van der Waals surface area contributed by atoms with Gasteiger partial charge in [-0.2, -0.15) is 18.4 Å². The summed E-state index contributed by atoms with van der Waals surface area (Å²) in [5.41, 5.74) is -3.59. The highest BCUT2D eigenvalue weighted by Gasteiger charge is 2.35. The highest BCUT2D eigenvalue weighted by Crippen LogP contribution is 2.33. The Hall–Kier alpha value is -2.11.